The third-order valence-corrected chi connectivity index (χ3v) is 3.43. The van der Waals surface area contributed by atoms with Gasteiger partial charge in [-0.1, -0.05) is 0 Å². The first kappa shape index (κ1) is 14.5. The first-order valence-corrected chi connectivity index (χ1v) is 6.32. The van der Waals surface area contributed by atoms with Gasteiger partial charge in [-0.3, -0.25) is 9.78 Å². The van der Waals surface area contributed by atoms with Gasteiger partial charge in [0.05, 0.1) is 18.7 Å². The zero-order chi connectivity index (χ0) is 13.0. The van der Waals surface area contributed by atoms with Crippen LogP contribution in [0.15, 0.2) is 15.1 Å². The topological polar surface area (TPSA) is 39.2 Å². The van der Waals surface area contributed by atoms with Crippen molar-refractivity contribution in [3.63, 3.8) is 0 Å². The van der Waals surface area contributed by atoms with Crippen LogP contribution in [-0.4, -0.2) is 17.6 Å². The van der Waals surface area contributed by atoms with E-state index in [-0.39, 0.29) is 33.2 Å². The van der Waals surface area contributed by atoms with Gasteiger partial charge in [-0.05, 0) is 38.8 Å². The number of carbonyl (C=O) groups excluding carboxylic acids is 1. The molecule has 0 saturated heterocycles. The Morgan fingerprint density at radius 1 is 1.53 bits per heavy atom. The number of esters is 1. The highest BCUT2D eigenvalue weighted by molar-refractivity contribution is 9.11. The number of hydrogen-bond donors (Lipinski definition) is 0. The maximum atomic E-state index is 12.8. The van der Waals surface area contributed by atoms with Gasteiger partial charge >= 0.3 is 5.97 Å². The molecule has 0 aromatic carbocycles. The molecule has 94 valence electrons. The minimum atomic E-state index is -2.65. The smallest absolute Gasteiger partial charge is 0.311 e. The molecular weight excluding hydrogens is 364 g/mol. The van der Waals surface area contributed by atoms with Gasteiger partial charge in [0.15, 0.2) is 0 Å². The van der Waals surface area contributed by atoms with E-state index in [2.05, 4.69) is 36.8 Å². The molecule has 0 unspecified atom stereocenters. The summed E-state index contributed by atoms with van der Waals surface area (Å²) in [6, 6.07) is 0. The van der Waals surface area contributed by atoms with E-state index < -0.39 is 12.4 Å². The Balaban J connectivity index is 3.02. The van der Waals surface area contributed by atoms with E-state index in [1.54, 1.807) is 6.92 Å². The van der Waals surface area contributed by atoms with Crippen molar-refractivity contribution in [1.29, 1.82) is 0 Å². The van der Waals surface area contributed by atoms with Gasteiger partial charge in [0.1, 0.15) is 0 Å². The minimum absolute atomic E-state index is 0.134. The van der Waals surface area contributed by atoms with Crippen molar-refractivity contribution in [2.45, 2.75) is 19.8 Å². The van der Waals surface area contributed by atoms with Gasteiger partial charge in [0, 0.05) is 20.7 Å². The molecule has 0 aliphatic rings. The molecule has 0 aliphatic heterocycles. The van der Waals surface area contributed by atoms with Crippen molar-refractivity contribution in [3.8, 4) is 0 Å². The minimum Gasteiger partial charge on any atom is -0.466 e. The van der Waals surface area contributed by atoms with Gasteiger partial charge in [0.25, 0.3) is 6.43 Å². The molecule has 1 rings (SSSR count). The number of halogens is 4. The average molecular weight is 373 g/mol. The van der Waals surface area contributed by atoms with E-state index in [0.717, 1.165) is 0 Å². The van der Waals surface area contributed by atoms with Crippen LogP contribution in [0, 0.1) is 0 Å². The molecule has 7 heteroatoms. The molecule has 0 amide bonds. The van der Waals surface area contributed by atoms with Crippen molar-refractivity contribution in [3.05, 3.63) is 26.4 Å². The molecule has 0 bridgehead atoms. The summed E-state index contributed by atoms with van der Waals surface area (Å²) < 4.78 is 30.6. The lowest BCUT2D eigenvalue weighted by Crippen LogP contribution is -2.10. The summed E-state index contributed by atoms with van der Waals surface area (Å²) in [6.07, 6.45) is -1.54. The Morgan fingerprint density at radius 2 is 2.18 bits per heavy atom. The lowest BCUT2D eigenvalue weighted by atomic mass is 10.2. The van der Waals surface area contributed by atoms with Gasteiger partial charge in [0.2, 0.25) is 0 Å². The molecule has 1 aromatic rings. The van der Waals surface area contributed by atoms with Gasteiger partial charge < -0.3 is 4.74 Å². The first-order valence-electron chi connectivity index (χ1n) is 4.73. The van der Waals surface area contributed by atoms with Crippen molar-refractivity contribution < 1.29 is 18.3 Å². The third kappa shape index (κ3) is 3.70. The molecule has 0 N–H and O–H groups in total. The maximum Gasteiger partial charge on any atom is 0.311 e. The van der Waals surface area contributed by atoms with Crippen molar-refractivity contribution >= 4 is 37.8 Å². The fraction of sp³-hybridized carbons (Fsp3) is 0.400. The molecule has 1 heterocycles. The number of carbonyl (C=O) groups is 1. The fourth-order valence-electron chi connectivity index (χ4n) is 1.19. The lowest BCUT2D eigenvalue weighted by Gasteiger charge is -2.10. The first-order chi connectivity index (χ1) is 7.97. The van der Waals surface area contributed by atoms with Crippen LogP contribution in [0.1, 0.15) is 24.6 Å². The van der Waals surface area contributed by atoms with Gasteiger partial charge in [-0.25, -0.2) is 8.78 Å². The molecule has 0 aliphatic carbocycles. The molecule has 3 nitrogen and oxygen atoms in total. The third-order valence-electron chi connectivity index (χ3n) is 1.92. The van der Waals surface area contributed by atoms with Crippen LogP contribution in [0.3, 0.4) is 0 Å². The summed E-state index contributed by atoms with van der Waals surface area (Å²) in [5.74, 6) is -0.497. The highest BCUT2D eigenvalue weighted by atomic mass is 79.9. The molecule has 0 spiro atoms. The number of hydrogen-bond acceptors (Lipinski definition) is 3. The molecule has 17 heavy (non-hydrogen) atoms. The van der Waals surface area contributed by atoms with Crippen molar-refractivity contribution in [2.75, 3.05) is 6.61 Å². The zero-order valence-electron chi connectivity index (χ0n) is 8.84. The number of pyridine rings is 1. The van der Waals surface area contributed by atoms with Crippen LogP contribution < -0.4 is 0 Å². The van der Waals surface area contributed by atoms with Crippen LogP contribution >= 0.6 is 31.9 Å². The number of rotatable bonds is 4. The van der Waals surface area contributed by atoms with Crippen LogP contribution in [0.4, 0.5) is 8.78 Å². The summed E-state index contributed by atoms with van der Waals surface area (Å²) in [6.45, 7) is 1.92. The second-order valence-corrected chi connectivity index (χ2v) is 4.71. The highest BCUT2D eigenvalue weighted by Gasteiger charge is 2.20. The Labute approximate surface area is 114 Å². The van der Waals surface area contributed by atoms with Crippen LogP contribution in [-0.2, 0) is 16.0 Å². The second-order valence-electron chi connectivity index (χ2n) is 3.06. The van der Waals surface area contributed by atoms with E-state index in [1.165, 1.54) is 6.20 Å². The largest absolute Gasteiger partial charge is 0.466 e. The Bertz CT molecular complexity index is 427. The van der Waals surface area contributed by atoms with Crippen LogP contribution in [0.25, 0.3) is 0 Å². The van der Waals surface area contributed by atoms with E-state index in [0.29, 0.717) is 0 Å². The Hall–Kier alpha value is -0.560. The second kappa shape index (κ2) is 6.39. The van der Waals surface area contributed by atoms with Crippen molar-refractivity contribution in [1.82, 2.24) is 4.98 Å². The monoisotopic (exact) mass is 371 g/mol. The quantitative estimate of drug-likeness (QED) is 0.757. The highest BCUT2D eigenvalue weighted by Crippen LogP contribution is 2.35. The predicted molar refractivity (Wildman–Crippen MR) is 64.9 cm³/mol. The number of aromatic nitrogens is 1. The molecular formula is C10H9Br2F2NO2. The fourth-order valence-corrected chi connectivity index (χ4v) is 2.56. The number of alkyl halides is 2. The summed E-state index contributed by atoms with van der Waals surface area (Å²) in [7, 11) is 0. The molecule has 0 atom stereocenters. The Morgan fingerprint density at radius 3 is 2.71 bits per heavy atom. The Kier molecular flexibility index (Phi) is 5.45. The van der Waals surface area contributed by atoms with Crippen molar-refractivity contribution in [2.24, 2.45) is 0 Å². The standard InChI is InChI=1S/C10H9Br2F2NO2/c1-2-17-7(16)3-6-9(12)8(10(13)14)5(11)4-15-6/h4,10H,2-3H2,1H3. The SMILES string of the molecule is CCOC(=O)Cc1ncc(Br)c(C(F)F)c1Br. The molecule has 0 radical (unpaired) electrons. The average Bonchev–Trinajstić information content (AvgIpc) is 2.22. The van der Waals surface area contributed by atoms with E-state index in [1.807, 2.05) is 0 Å². The summed E-state index contributed by atoms with van der Waals surface area (Å²) in [5, 5.41) is 0. The normalized spacial score (nSPS) is 10.7. The lowest BCUT2D eigenvalue weighted by molar-refractivity contribution is -0.142. The van der Waals surface area contributed by atoms with Gasteiger partial charge in [-0.2, -0.15) is 0 Å². The zero-order valence-corrected chi connectivity index (χ0v) is 12.0. The van der Waals surface area contributed by atoms with E-state index in [4.69, 9.17) is 4.74 Å². The molecule has 1 aromatic heterocycles. The summed E-state index contributed by atoms with van der Waals surface area (Å²) >= 11 is 6.02. The molecule has 0 fully saturated rings. The number of nitrogens with zero attached hydrogens (tertiary/aromatic N) is 1. The van der Waals surface area contributed by atoms with E-state index >= 15 is 0 Å². The summed E-state index contributed by atoms with van der Waals surface area (Å²) in [5.41, 5.74) is 0.0289. The number of ether oxygens (including phenoxy) is 1. The molecule has 0 saturated carbocycles. The van der Waals surface area contributed by atoms with Crippen LogP contribution in [0.2, 0.25) is 0 Å². The van der Waals surface area contributed by atoms with E-state index in [9.17, 15) is 13.6 Å². The predicted octanol–water partition coefficient (Wildman–Crippen LogP) is 3.65. The summed E-state index contributed by atoms with van der Waals surface area (Å²) in [4.78, 5) is 15.2. The van der Waals surface area contributed by atoms with Gasteiger partial charge in [-0.15, -0.1) is 0 Å². The van der Waals surface area contributed by atoms with Crippen LogP contribution in [0.5, 0.6) is 0 Å². The maximum absolute atomic E-state index is 12.8.